The number of carbonyl (C=O) groups is 1. The maximum absolute atomic E-state index is 12.9. The number of aromatic nitrogens is 3. The van der Waals surface area contributed by atoms with Crippen molar-refractivity contribution in [3.63, 3.8) is 0 Å². The van der Waals surface area contributed by atoms with Gasteiger partial charge in [0.05, 0.1) is 16.8 Å². The van der Waals surface area contributed by atoms with E-state index in [-0.39, 0.29) is 28.7 Å². The standard InChI is InChI=1S/C17H22N4O3S2/c1-3-20(15-9-10-26(23,24)11-15)16(22)13(2)25-17-19-18-12-21(17)14-7-5-4-6-8-14/h4-8,12-13,15H,3,9-11H2,1-2H3/t13-,15-/m0/s1. The first-order chi connectivity index (χ1) is 12.4. The van der Waals surface area contributed by atoms with Gasteiger partial charge in [-0.15, -0.1) is 10.2 Å². The smallest absolute Gasteiger partial charge is 0.236 e. The van der Waals surface area contributed by atoms with Crippen LogP contribution in [0.15, 0.2) is 41.8 Å². The zero-order valence-corrected chi connectivity index (χ0v) is 16.4. The Morgan fingerprint density at radius 2 is 2.12 bits per heavy atom. The molecular formula is C17H22N4O3S2. The Labute approximate surface area is 157 Å². The third-order valence-electron chi connectivity index (χ3n) is 4.45. The molecule has 1 amide bonds. The summed E-state index contributed by atoms with van der Waals surface area (Å²) in [6.45, 7) is 4.20. The van der Waals surface area contributed by atoms with Crippen molar-refractivity contribution in [1.82, 2.24) is 19.7 Å². The van der Waals surface area contributed by atoms with Gasteiger partial charge in [-0.25, -0.2) is 8.42 Å². The molecule has 3 rings (SSSR count). The zero-order chi connectivity index (χ0) is 18.7. The molecule has 0 saturated carbocycles. The van der Waals surface area contributed by atoms with E-state index in [9.17, 15) is 13.2 Å². The number of nitrogens with zero attached hydrogens (tertiary/aromatic N) is 4. The maximum atomic E-state index is 12.9. The lowest BCUT2D eigenvalue weighted by atomic mass is 10.2. The summed E-state index contributed by atoms with van der Waals surface area (Å²) in [5.41, 5.74) is 0.925. The average Bonchev–Trinajstić information content (AvgIpc) is 3.22. The van der Waals surface area contributed by atoms with Crippen LogP contribution in [0.25, 0.3) is 5.69 Å². The van der Waals surface area contributed by atoms with Gasteiger partial charge in [0, 0.05) is 18.3 Å². The van der Waals surface area contributed by atoms with Crippen LogP contribution in [0.4, 0.5) is 0 Å². The second kappa shape index (κ2) is 7.79. The largest absolute Gasteiger partial charge is 0.338 e. The molecule has 1 aromatic carbocycles. The highest BCUT2D eigenvalue weighted by atomic mass is 32.2. The van der Waals surface area contributed by atoms with E-state index >= 15 is 0 Å². The number of benzene rings is 1. The Hall–Kier alpha value is -1.87. The first-order valence-electron chi connectivity index (χ1n) is 8.54. The Bertz CT molecular complexity index is 867. The van der Waals surface area contributed by atoms with Crippen LogP contribution in [-0.2, 0) is 14.6 Å². The molecule has 0 unspecified atom stereocenters. The molecule has 9 heteroatoms. The molecule has 1 fully saturated rings. The molecule has 2 aromatic rings. The van der Waals surface area contributed by atoms with Crippen LogP contribution in [0.3, 0.4) is 0 Å². The lowest BCUT2D eigenvalue weighted by Gasteiger charge is -2.29. The van der Waals surface area contributed by atoms with Gasteiger partial charge in [-0.3, -0.25) is 9.36 Å². The molecule has 0 N–H and O–H groups in total. The van der Waals surface area contributed by atoms with Gasteiger partial charge in [0.15, 0.2) is 15.0 Å². The fourth-order valence-corrected chi connectivity index (χ4v) is 5.77. The van der Waals surface area contributed by atoms with Crippen LogP contribution in [0.2, 0.25) is 0 Å². The molecule has 140 valence electrons. The Balaban J connectivity index is 1.73. The average molecular weight is 395 g/mol. The lowest BCUT2D eigenvalue weighted by molar-refractivity contribution is -0.131. The second-order valence-corrected chi connectivity index (χ2v) is 9.80. The fraction of sp³-hybridized carbons (Fsp3) is 0.471. The molecule has 0 spiro atoms. The number of hydrogen-bond donors (Lipinski definition) is 0. The van der Waals surface area contributed by atoms with Crippen molar-refractivity contribution in [3.05, 3.63) is 36.7 Å². The molecule has 1 saturated heterocycles. The molecular weight excluding hydrogens is 372 g/mol. The van der Waals surface area contributed by atoms with E-state index in [1.165, 1.54) is 11.8 Å². The number of sulfone groups is 1. The van der Waals surface area contributed by atoms with E-state index in [0.29, 0.717) is 18.1 Å². The number of para-hydroxylation sites is 1. The number of carbonyl (C=O) groups excluding carboxylic acids is 1. The summed E-state index contributed by atoms with van der Waals surface area (Å²) in [7, 11) is -3.03. The molecule has 0 bridgehead atoms. The highest BCUT2D eigenvalue weighted by Gasteiger charge is 2.35. The molecule has 7 nitrogen and oxygen atoms in total. The number of hydrogen-bond acceptors (Lipinski definition) is 6. The summed E-state index contributed by atoms with van der Waals surface area (Å²) in [4.78, 5) is 14.6. The van der Waals surface area contributed by atoms with Crippen molar-refractivity contribution in [3.8, 4) is 5.69 Å². The summed E-state index contributed by atoms with van der Waals surface area (Å²) in [6, 6.07) is 9.45. The van der Waals surface area contributed by atoms with Crippen LogP contribution < -0.4 is 0 Å². The first kappa shape index (κ1) is 18.9. The number of amides is 1. The van der Waals surface area contributed by atoms with E-state index in [1.807, 2.05) is 48.7 Å². The van der Waals surface area contributed by atoms with Gasteiger partial charge in [0.25, 0.3) is 0 Å². The summed E-state index contributed by atoms with van der Waals surface area (Å²) in [5.74, 6) is 0.150. The van der Waals surface area contributed by atoms with Gasteiger partial charge in [-0.05, 0) is 32.4 Å². The van der Waals surface area contributed by atoms with E-state index in [2.05, 4.69) is 10.2 Å². The van der Waals surface area contributed by atoms with Crippen LogP contribution >= 0.6 is 11.8 Å². The summed E-state index contributed by atoms with van der Waals surface area (Å²) < 4.78 is 25.3. The van der Waals surface area contributed by atoms with Gasteiger partial charge < -0.3 is 4.90 Å². The summed E-state index contributed by atoms with van der Waals surface area (Å²) >= 11 is 1.33. The first-order valence-corrected chi connectivity index (χ1v) is 11.2. The predicted octanol–water partition coefficient (Wildman–Crippen LogP) is 1.78. The zero-order valence-electron chi connectivity index (χ0n) is 14.8. The van der Waals surface area contributed by atoms with Crippen LogP contribution in [-0.4, -0.2) is 63.3 Å². The van der Waals surface area contributed by atoms with Crippen molar-refractivity contribution >= 4 is 27.5 Å². The van der Waals surface area contributed by atoms with Gasteiger partial charge in [-0.1, -0.05) is 30.0 Å². The van der Waals surface area contributed by atoms with Crippen LogP contribution in [0.5, 0.6) is 0 Å². The molecule has 1 aliphatic heterocycles. The van der Waals surface area contributed by atoms with Crippen molar-refractivity contribution < 1.29 is 13.2 Å². The Morgan fingerprint density at radius 1 is 1.38 bits per heavy atom. The second-order valence-electron chi connectivity index (χ2n) is 6.26. The number of rotatable bonds is 6. The minimum absolute atomic E-state index is 0.0597. The van der Waals surface area contributed by atoms with E-state index in [4.69, 9.17) is 0 Å². The summed E-state index contributed by atoms with van der Waals surface area (Å²) in [6.07, 6.45) is 2.13. The van der Waals surface area contributed by atoms with Crippen LogP contribution in [0, 0.1) is 0 Å². The van der Waals surface area contributed by atoms with Gasteiger partial charge >= 0.3 is 0 Å². The molecule has 26 heavy (non-hydrogen) atoms. The highest BCUT2D eigenvalue weighted by Crippen LogP contribution is 2.27. The minimum Gasteiger partial charge on any atom is -0.338 e. The molecule has 2 atom stereocenters. The summed E-state index contributed by atoms with van der Waals surface area (Å²) in [5, 5.41) is 8.34. The van der Waals surface area contributed by atoms with E-state index in [1.54, 1.807) is 11.2 Å². The van der Waals surface area contributed by atoms with Gasteiger partial charge in [-0.2, -0.15) is 0 Å². The monoisotopic (exact) mass is 394 g/mol. The maximum Gasteiger partial charge on any atom is 0.236 e. The Kier molecular flexibility index (Phi) is 5.67. The third-order valence-corrected chi connectivity index (χ3v) is 7.25. The molecule has 2 heterocycles. The Morgan fingerprint density at radius 3 is 2.73 bits per heavy atom. The van der Waals surface area contributed by atoms with E-state index < -0.39 is 9.84 Å². The third kappa shape index (κ3) is 4.09. The topological polar surface area (TPSA) is 85.2 Å². The SMILES string of the molecule is CCN(C(=O)[C@H](C)Sc1nncn1-c1ccccc1)[C@H]1CCS(=O)(=O)C1. The highest BCUT2D eigenvalue weighted by molar-refractivity contribution is 8.00. The lowest BCUT2D eigenvalue weighted by Crippen LogP contribution is -2.44. The normalized spacial score (nSPS) is 20.0. The molecule has 1 aliphatic rings. The van der Waals surface area contributed by atoms with E-state index in [0.717, 1.165) is 5.69 Å². The molecule has 0 aliphatic carbocycles. The van der Waals surface area contributed by atoms with Crippen molar-refractivity contribution in [2.45, 2.75) is 36.7 Å². The van der Waals surface area contributed by atoms with Gasteiger partial charge in [0.1, 0.15) is 6.33 Å². The van der Waals surface area contributed by atoms with Crippen molar-refractivity contribution in [2.24, 2.45) is 0 Å². The predicted molar refractivity (Wildman–Crippen MR) is 101 cm³/mol. The minimum atomic E-state index is -3.03. The fourth-order valence-electron chi connectivity index (χ4n) is 3.13. The molecule has 1 aromatic heterocycles. The van der Waals surface area contributed by atoms with Gasteiger partial charge in [0.2, 0.25) is 5.91 Å². The molecule has 0 radical (unpaired) electrons. The number of thioether (sulfide) groups is 1. The quantitative estimate of drug-likeness (QED) is 0.695. The van der Waals surface area contributed by atoms with Crippen LogP contribution in [0.1, 0.15) is 20.3 Å². The van der Waals surface area contributed by atoms with Crippen molar-refractivity contribution in [2.75, 3.05) is 18.1 Å². The van der Waals surface area contributed by atoms with Crippen molar-refractivity contribution in [1.29, 1.82) is 0 Å².